The Morgan fingerprint density at radius 2 is 2.09 bits per heavy atom. The van der Waals surface area contributed by atoms with E-state index in [0.717, 1.165) is 48.9 Å². The fourth-order valence-corrected chi connectivity index (χ4v) is 6.12. The van der Waals surface area contributed by atoms with Gasteiger partial charge in [0.2, 0.25) is 0 Å². The van der Waals surface area contributed by atoms with E-state index in [9.17, 15) is 0 Å². The zero-order valence-electron chi connectivity index (χ0n) is 19.1. The number of rotatable bonds is 5. The number of carbonyl (C=O) groups is 1. The van der Waals surface area contributed by atoms with Crippen molar-refractivity contribution in [2.75, 3.05) is 26.7 Å². The summed E-state index contributed by atoms with van der Waals surface area (Å²) >= 11 is 0. The van der Waals surface area contributed by atoms with Crippen LogP contribution in [0, 0.1) is 18.8 Å². The van der Waals surface area contributed by atoms with Crippen molar-refractivity contribution >= 4 is 6.47 Å². The highest BCUT2D eigenvalue weighted by Crippen LogP contribution is 2.42. The van der Waals surface area contributed by atoms with Gasteiger partial charge in [0.25, 0.3) is 6.47 Å². The lowest BCUT2D eigenvalue weighted by molar-refractivity contribution is -0.122. The predicted molar refractivity (Wildman–Crippen MR) is 122 cm³/mol. The van der Waals surface area contributed by atoms with Crippen LogP contribution in [0.25, 0.3) is 0 Å². The average molecular weight is 442 g/mol. The highest BCUT2D eigenvalue weighted by molar-refractivity contribution is 5.32. The van der Waals surface area contributed by atoms with Gasteiger partial charge in [-0.2, -0.15) is 5.10 Å². The highest BCUT2D eigenvalue weighted by atomic mass is 16.5. The smallest absolute Gasteiger partial charge is 0.290 e. The number of nitrogens with zero attached hydrogens (tertiary/aromatic N) is 4. The molecule has 8 heteroatoms. The maximum absolute atomic E-state index is 8.36. The van der Waals surface area contributed by atoms with Gasteiger partial charge in [-0.25, -0.2) is 4.98 Å². The largest absolute Gasteiger partial charge is 0.497 e. The molecule has 0 spiro atoms. The molecule has 2 N–H and O–H groups in total. The van der Waals surface area contributed by atoms with E-state index in [-0.39, 0.29) is 6.47 Å². The summed E-state index contributed by atoms with van der Waals surface area (Å²) in [4.78, 5) is 18.4. The molecular formula is C24H35N5O3. The predicted octanol–water partition coefficient (Wildman–Crippen LogP) is 2.74. The Bertz CT molecular complexity index is 888. The van der Waals surface area contributed by atoms with Gasteiger partial charge in [-0.15, -0.1) is 0 Å². The van der Waals surface area contributed by atoms with Gasteiger partial charge in [0, 0.05) is 25.2 Å². The van der Waals surface area contributed by atoms with Crippen LogP contribution in [0.4, 0.5) is 0 Å². The molecule has 3 saturated heterocycles. The number of fused-ring (bicyclic) bond motifs is 4. The Morgan fingerprint density at radius 1 is 1.28 bits per heavy atom. The first-order valence-electron chi connectivity index (χ1n) is 11.7. The topological polar surface area (TPSA) is 94.6 Å². The fraction of sp³-hybridized carbons (Fsp3) is 0.625. The second kappa shape index (κ2) is 10.4. The lowest BCUT2D eigenvalue weighted by Gasteiger charge is -2.57. The number of piperidine rings is 3. The van der Waals surface area contributed by atoms with Gasteiger partial charge in [0.05, 0.1) is 13.7 Å². The van der Waals surface area contributed by atoms with Crippen molar-refractivity contribution in [1.82, 2.24) is 25.0 Å². The molecule has 2 aromatic rings. The molecule has 5 rings (SSSR count). The number of hydrogen-bond donors (Lipinski definition) is 2. The molecule has 3 fully saturated rings. The summed E-state index contributed by atoms with van der Waals surface area (Å²) in [5.74, 6) is 4.32. The van der Waals surface area contributed by atoms with E-state index >= 15 is 0 Å². The summed E-state index contributed by atoms with van der Waals surface area (Å²) in [7, 11) is 1.76. The van der Waals surface area contributed by atoms with E-state index in [1.165, 1.54) is 44.3 Å². The second-order valence-corrected chi connectivity index (χ2v) is 9.32. The first kappa shape index (κ1) is 22.7. The van der Waals surface area contributed by atoms with Crippen LogP contribution in [-0.2, 0) is 17.8 Å². The number of aromatic amines is 1. The molecule has 0 unspecified atom stereocenters. The summed E-state index contributed by atoms with van der Waals surface area (Å²) in [5.41, 5.74) is 1.40. The fourth-order valence-electron chi connectivity index (χ4n) is 6.12. The number of aromatic nitrogens is 3. The van der Waals surface area contributed by atoms with Crippen LogP contribution < -0.4 is 4.74 Å². The van der Waals surface area contributed by atoms with E-state index in [1.54, 1.807) is 7.11 Å². The minimum absolute atomic E-state index is 0.250. The van der Waals surface area contributed by atoms with Crippen LogP contribution in [0.5, 0.6) is 5.75 Å². The van der Waals surface area contributed by atoms with Crippen molar-refractivity contribution in [3.05, 3.63) is 41.5 Å². The lowest BCUT2D eigenvalue weighted by Crippen LogP contribution is -2.63. The normalized spacial score (nSPS) is 27.7. The van der Waals surface area contributed by atoms with Crippen molar-refractivity contribution in [2.45, 2.75) is 57.7 Å². The highest BCUT2D eigenvalue weighted by Gasteiger charge is 2.47. The van der Waals surface area contributed by atoms with Gasteiger partial charge in [0.15, 0.2) is 5.82 Å². The van der Waals surface area contributed by atoms with E-state index in [1.807, 2.05) is 13.0 Å². The number of aryl methyl sites for hydroxylation is 1. The molecule has 2 bridgehead atoms. The molecule has 0 aliphatic carbocycles. The second-order valence-electron chi connectivity index (χ2n) is 9.32. The first-order valence-corrected chi connectivity index (χ1v) is 11.7. The van der Waals surface area contributed by atoms with E-state index < -0.39 is 0 Å². The Labute approximate surface area is 190 Å². The van der Waals surface area contributed by atoms with Crippen molar-refractivity contribution in [2.24, 2.45) is 11.8 Å². The quantitative estimate of drug-likeness (QED) is 0.689. The Balaban J connectivity index is 0.000000775. The number of nitrogens with one attached hydrogen (secondary N) is 1. The van der Waals surface area contributed by atoms with Gasteiger partial charge < -0.3 is 9.84 Å². The SMILES string of the molecule is COc1cccc(C[C@H]2[C@H]3C[C@H](CN(Cc4n[nH]c(C)n4)C3)[C@@H]3CCCCN32)c1.O=CO. The Kier molecular flexibility index (Phi) is 7.42. The molecule has 3 aliphatic rings. The maximum atomic E-state index is 8.36. The molecule has 0 amide bonds. The number of methoxy groups -OCH3 is 1. The third-order valence-electron chi connectivity index (χ3n) is 7.28. The van der Waals surface area contributed by atoms with E-state index in [2.05, 4.69) is 43.2 Å². The molecule has 3 aliphatic heterocycles. The van der Waals surface area contributed by atoms with Crippen LogP contribution >= 0.6 is 0 Å². The van der Waals surface area contributed by atoms with Crippen molar-refractivity contribution < 1.29 is 14.6 Å². The van der Waals surface area contributed by atoms with Gasteiger partial charge in [-0.05, 0) is 68.7 Å². The van der Waals surface area contributed by atoms with Crippen molar-refractivity contribution in [3.63, 3.8) is 0 Å². The van der Waals surface area contributed by atoms with E-state index in [4.69, 9.17) is 14.6 Å². The molecule has 1 aromatic heterocycles. The lowest BCUT2D eigenvalue weighted by atomic mass is 9.71. The third kappa shape index (κ3) is 5.13. The molecule has 0 radical (unpaired) electrons. The van der Waals surface area contributed by atoms with Crippen LogP contribution in [0.2, 0.25) is 0 Å². The summed E-state index contributed by atoms with van der Waals surface area (Å²) in [5, 5.41) is 14.3. The van der Waals surface area contributed by atoms with Crippen LogP contribution in [0.1, 0.15) is 42.9 Å². The zero-order chi connectivity index (χ0) is 22.5. The first-order chi connectivity index (χ1) is 15.6. The molecule has 0 saturated carbocycles. The number of benzene rings is 1. The monoisotopic (exact) mass is 441 g/mol. The molecular weight excluding hydrogens is 406 g/mol. The molecule has 174 valence electrons. The third-order valence-corrected chi connectivity index (χ3v) is 7.28. The summed E-state index contributed by atoms with van der Waals surface area (Å²) in [6, 6.07) is 10.0. The van der Waals surface area contributed by atoms with Crippen LogP contribution in [-0.4, -0.2) is 75.4 Å². The zero-order valence-corrected chi connectivity index (χ0v) is 19.1. The summed E-state index contributed by atoms with van der Waals surface area (Å²) < 4.78 is 5.48. The minimum Gasteiger partial charge on any atom is -0.497 e. The summed E-state index contributed by atoms with van der Waals surface area (Å²) in [6.45, 7) is 6.22. The number of hydrogen-bond acceptors (Lipinski definition) is 6. The molecule has 32 heavy (non-hydrogen) atoms. The van der Waals surface area contributed by atoms with Gasteiger partial charge >= 0.3 is 0 Å². The van der Waals surface area contributed by atoms with Gasteiger partial charge in [-0.1, -0.05) is 18.6 Å². The van der Waals surface area contributed by atoms with Crippen LogP contribution in [0.15, 0.2) is 24.3 Å². The number of likely N-dealkylation sites (tertiary alicyclic amines) is 1. The number of carboxylic acid groups (broad SMARTS) is 1. The van der Waals surface area contributed by atoms with E-state index in [0.29, 0.717) is 12.0 Å². The molecule has 8 nitrogen and oxygen atoms in total. The number of H-pyrrole nitrogens is 1. The molecule has 4 atom stereocenters. The standard InChI is InChI=1S/C23H33N5O.CH2O2/c1-16-24-23(26-25-16)15-27-13-18-12-19(14-27)22(28-9-4-3-8-21(18)28)11-17-6-5-7-20(10-17)29-2;2-1-3/h5-7,10,18-19,21-22H,3-4,8-9,11-15H2,1-2H3,(H,24,25,26);1H,(H,2,3)/t18-,19+,21+,22+;/m1./s1. The van der Waals surface area contributed by atoms with Gasteiger partial charge in [0.1, 0.15) is 11.6 Å². The number of ether oxygens (including phenoxy) is 1. The Hall–Kier alpha value is -2.45. The minimum atomic E-state index is -0.250. The van der Waals surface area contributed by atoms with Crippen molar-refractivity contribution in [3.8, 4) is 5.75 Å². The van der Waals surface area contributed by atoms with Crippen molar-refractivity contribution in [1.29, 1.82) is 0 Å². The van der Waals surface area contributed by atoms with Crippen LogP contribution in [0.3, 0.4) is 0 Å². The maximum Gasteiger partial charge on any atom is 0.290 e. The average Bonchev–Trinajstić information content (AvgIpc) is 3.21. The summed E-state index contributed by atoms with van der Waals surface area (Å²) in [6.07, 6.45) is 6.59. The molecule has 1 aromatic carbocycles. The Morgan fingerprint density at radius 3 is 2.84 bits per heavy atom. The van der Waals surface area contributed by atoms with Gasteiger partial charge in [-0.3, -0.25) is 19.7 Å². The molecule has 4 heterocycles.